The number of imidazole rings is 1. The highest BCUT2D eigenvalue weighted by Crippen LogP contribution is 2.49. The molecule has 1 unspecified atom stereocenters. The van der Waals surface area contributed by atoms with Crippen molar-refractivity contribution in [2.24, 2.45) is 11.8 Å². The maximum Gasteiger partial charge on any atom is 0.236 e. The van der Waals surface area contributed by atoms with E-state index < -0.39 is 11.5 Å². The first-order valence-corrected chi connectivity index (χ1v) is 27.6. The summed E-state index contributed by atoms with van der Waals surface area (Å²) < 4.78 is 0. The first-order chi connectivity index (χ1) is 34.6. The fourth-order valence-corrected chi connectivity index (χ4v) is 13.1. The number of likely N-dealkylation sites (tertiary alicyclic amines) is 2. The Bertz CT molecular complexity index is 2630. The Labute approximate surface area is 430 Å². The van der Waals surface area contributed by atoms with Crippen LogP contribution in [0.5, 0.6) is 0 Å². The number of nitrogens with zero attached hydrogens (tertiary/aromatic N) is 9. The molecule has 72 heavy (non-hydrogen) atoms. The SMILES string of the molecule is CCCC(=O)N(c1cccc(C2CCN(CC3CCN(C(=O)CN4CCN(c5nccc(-c6nc([C@@]7(C)CCCc8sc(N)c(C#N)c87)[nH]c6CC)n5)CC4)CC3)CC2)c1C)C(CCC(=O)C(C)C)C(C)=O. The number of Topliss-reactive ketones (excluding diaryl/α,β-unsaturated/α-hetero) is 2. The number of thiophene rings is 1. The molecule has 4 aliphatic rings. The molecule has 3 aromatic heterocycles. The van der Waals surface area contributed by atoms with Gasteiger partial charge in [-0.1, -0.05) is 39.8 Å². The van der Waals surface area contributed by atoms with Gasteiger partial charge in [0.15, 0.2) is 5.78 Å². The van der Waals surface area contributed by atoms with E-state index in [4.69, 9.17) is 15.7 Å². The van der Waals surface area contributed by atoms with Crippen molar-refractivity contribution in [1.29, 1.82) is 5.26 Å². The molecule has 2 amide bonds. The number of nitrogens with two attached hydrogens (primary N) is 1. The summed E-state index contributed by atoms with van der Waals surface area (Å²) in [7, 11) is 0. The molecule has 3 fully saturated rings. The standard InChI is InChI=1S/C56H77N11O4S/c1-8-12-49(70)67(46(38(6)68)16-17-47(69)36(3)4)45-14-10-13-41(37(45)5)40-21-25-63(26-22-40)34-39-19-27-65(28-20-39)50(71)35-64-29-31-66(32-30-64)55-59-24-18-44(61-55)52-43(9-2)60-54(62-52)56(7)23-11-15-48-51(56)42(33-57)53(58)72-48/h10,13-14,18,24,36,39-40,46H,8-9,11-12,15-17,19-23,25-32,34-35,58H2,1-7H3,(H,60,62)/t46?,56-/m0/s1. The van der Waals surface area contributed by atoms with E-state index in [0.29, 0.717) is 54.2 Å². The molecule has 0 bridgehead atoms. The second-order valence-corrected chi connectivity index (χ2v) is 22.5. The van der Waals surface area contributed by atoms with Gasteiger partial charge in [0.2, 0.25) is 17.8 Å². The van der Waals surface area contributed by atoms with Gasteiger partial charge in [-0.05, 0) is 139 Å². The fraction of sp³-hybridized carbons (Fsp3) is 0.607. The number of amides is 2. The molecule has 0 saturated carbocycles. The van der Waals surface area contributed by atoms with Gasteiger partial charge in [-0.2, -0.15) is 5.26 Å². The number of piperidine rings is 2. The Balaban J connectivity index is 0.803. The Morgan fingerprint density at radius 3 is 2.38 bits per heavy atom. The van der Waals surface area contributed by atoms with E-state index in [9.17, 15) is 24.4 Å². The Hall–Kier alpha value is -5.50. The van der Waals surface area contributed by atoms with Crippen LogP contribution in [0.3, 0.4) is 0 Å². The number of piperazine rings is 1. The molecule has 2 atom stereocenters. The maximum atomic E-state index is 13.7. The highest BCUT2D eigenvalue weighted by molar-refractivity contribution is 7.16. The van der Waals surface area contributed by atoms with E-state index in [-0.39, 0.29) is 35.7 Å². The van der Waals surface area contributed by atoms with E-state index in [1.165, 1.54) is 28.7 Å². The van der Waals surface area contributed by atoms with Gasteiger partial charge in [-0.25, -0.2) is 15.0 Å². The van der Waals surface area contributed by atoms with Crippen molar-refractivity contribution in [3.8, 4) is 17.5 Å². The van der Waals surface area contributed by atoms with Crippen LogP contribution in [-0.4, -0.2) is 130 Å². The van der Waals surface area contributed by atoms with Gasteiger partial charge in [0, 0.05) is 87.0 Å². The highest BCUT2D eigenvalue weighted by atomic mass is 32.1. The summed E-state index contributed by atoms with van der Waals surface area (Å²) in [4.78, 5) is 83.7. The minimum Gasteiger partial charge on any atom is -0.389 e. The molecule has 6 heterocycles. The molecule has 3 aliphatic heterocycles. The van der Waals surface area contributed by atoms with Crippen molar-refractivity contribution >= 4 is 51.4 Å². The number of hydrogen-bond donors (Lipinski definition) is 2. The average Bonchev–Trinajstić information content (AvgIpc) is 3.98. The normalized spacial score (nSPS) is 19.8. The molecule has 3 N–H and O–H groups in total. The second kappa shape index (κ2) is 23.1. The number of carbonyl (C=O) groups is 4. The third kappa shape index (κ3) is 11.3. The van der Waals surface area contributed by atoms with Crippen molar-refractivity contribution in [2.75, 3.05) is 81.0 Å². The van der Waals surface area contributed by atoms with Crippen LogP contribution in [0.4, 0.5) is 16.6 Å². The highest BCUT2D eigenvalue weighted by Gasteiger charge is 2.42. The number of aromatic nitrogens is 4. The number of nitrogen functional groups attached to an aromatic ring is 1. The first kappa shape index (κ1) is 52.8. The lowest BCUT2D eigenvalue weighted by molar-refractivity contribution is -0.134. The predicted molar refractivity (Wildman–Crippen MR) is 285 cm³/mol. The molecule has 1 aliphatic carbocycles. The monoisotopic (exact) mass is 1000 g/mol. The number of aromatic amines is 1. The summed E-state index contributed by atoms with van der Waals surface area (Å²) in [5.41, 5.74) is 13.2. The van der Waals surface area contributed by atoms with Gasteiger partial charge in [-0.15, -0.1) is 11.3 Å². The molecule has 8 rings (SSSR count). The maximum absolute atomic E-state index is 13.7. The van der Waals surface area contributed by atoms with Crippen molar-refractivity contribution in [3.05, 3.63) is 69.1 Å². The van der Waals surface area contributed by atoms with Crippen LogP contribution in [0.1, 0.15) is 150 Å². The van der Waals surface area contributed by atoms with Crippen molar-refractivity contribution in [1.82, 2.24) is 34.6 Å². The van der Waals surface area contributed by atoms with Crippen LogP contribution >= 0.6 is 11.3 Å². The zero-order chi connectivity index (χ0) is 51.3. The number of anilines is 3. The first-order valence-electron chi connectivity index (χ1n) is 26.8. The summed E-state index contributed by atoms with van der Waals surface area (Å²) in [6, 6.07) is 9.82. The van der Waals surface area contributed by atoms with E-state index in [0.717, 1.165) is 150 Å². The number of nitrogens with one attached hydrogen (secondary N) is 1. The number of aryl methyl sites for hydroxylation is 2. The average molecular weight is 1000 g/mol. The van der Waals surface area contributed by atoms with Crippen molar-refractivity contribution in [2.45, 2.75) is 143 Å². The van der Waals surface area contributed by atoms with Gasteiger partial charge < -0.3 is 30.3 Å². The molecule has 0 radical (unpaired) electrons. The Morgan fingerprint density at radius 2 is 1.71 bits per heavy atom. The lowest BCUT2D eigenvalue weighted by atomic mass is 9.72. The lowest BCUT2D eigenvalue weighted by Gasteiger charge is -2.39. The number of nitriles is 1. The number of ketones is 2. The minimum atomic E-state index is -0.667. The number of benzene rings is 1. The smallest absolute Gasteiger partial charge is 0.236 e. The lowest BCUT2D eigenvalue weighted by Crippen LogP contribution is -2.51. The summed E-state index contributed by atoms with van der Waals surface area (Å²) in [5.74, 6) is 2.48. The molecule has 386 valence electrons. The zero-order valence-corrected chi connectivity index (χ0v) is 44.7. The fourth-order valence-electron chi connectivity index (χ4n) is 11.9. The van der Waals surface area contributed by atoms with Gasteiger partial charge in [0.05, 0.1) is 29.3 Å². The molecule has 3 saturated heterocycles. The topological polar surface area (TPSA) is 189 Å². The van der Waals surface area contributed by atoms with Gasteiger partial charge in [0.1, 0.15) is 28.4 Å². The largest absolute Gasteiger partial charge is 0.389 e. The molecular formula is C56H77N11O4S. The quantitative estimate of drug-likeness (QED) is 0.0974. The minimum absolute atomic E-state index is 0.0661. The molecule has 16 heteroatoms. The third-order valence-corrected chi connectivity index (χ3v) is 17.3. The summed E-state index contributed by atoms with van der Waals surface area (Å²) in [6.07, 6.45) is 11.1. The Morgan fingerprint density at radius 1 is 0.972 bits per heavy atom. The van der Waals surface area contributed by atoms with Crippen LogP contribution in [0.15, 0.2) is 30.5 Å². The number of rotatable bonds is 18. The van der Waals surface area contributed by atoms with E-state index in [2.05, 4.69) is 62.5 Å². The number of fused-ring (bicyclic) bond motifs is 1. The molecule has 15 nitrogen and oxygen atoms in total. The van der Waals surface area contributed by atoms with E-state index >= 15 is 0 Å². The van der Waals surface area contributed by atoms with Crippen LogP contribution in [-0.2, 0) is 37.4 Å². The van der Waals surface area contributed by atoms with Crippen molar-refractivity contribution in [3.63, 3.8) is 0 Å². The number of H-pyrrole nitrogens is 1. The summed E-state index contributed by atoms with van der Waals surface area (Å²) in [5, 5.41) is 10.6. The van der Waals surface area contributed by atoms with Gasteiger partial charge >= 0.3 is 0 Å². The van der Waals surface area contributed by atoms with Crippen molar-refractivity contribution < 1.29 is 19.2 Å². The van der Waals surface area contributed by atoms with E-state index in [1.807, 2.05) is 45.2 Å². The number of carbonyl (C=O) groups excluding carboxylic acids is 4. The molecule has 0 spiro atoms. The third-order valence-electron chi connectivity index (χ3n) is 16.2. The molecule has 4 aromatic rings. The second-order valence-electron chi connectivity index (χ2n) is 21.4. The summed E-state index contributed by atoms with van der Waals surface area (Å²) >= 11 is 1.53. The zero-order valence-electron chi connectivity index (χ0n) is 43.9. The number of hydrogen-bond acceptors (Lipinski definition) is 13. The summed E-state index contributed by atoms with van der Waals surface area (Å²) in [6.45, 7) is 21.7. The van der Waals surface area contributed by atoms with E-state index in [1.54, 1.807) is 4.90 Å². The van der Waals surface area contributed by atoms with Crippen LogP contribution < -0.4 is 15.5 Å². The van der Waals surface area contributed by atoms with Crippen LogP contribution in [0, 0.1) is 30.1 Å². The molecular weight excluding hydrogens is 923 g/mol. The van der Waals surface area contributed by atoms with Gasteiger partial charge in [-0.3, -0.25) is 24.1 Å². The van der Waals surface area contributed by atoms with Crippen LogP contribution in [0.25, 0.3) is 11.4 Å². The Kier molecular flexibility index (Phi) is 17.0. The van der Waals surface area contributed by atoms with Gasteiger partial charge in [0.25, 0.3) is 0 Å². The van der Waals surface area contributed by atoms with Crippen LogP contribution in [0.2, 0.25) is 0 Å². The molecule has 1 aromatic carbocycles. The predicted octanol–water partition coefficient (Wildman–Crippen LogP) is 8.23.